The maximum Gasteiger partial charge on any atom is 0.281 e. The quantitative estimate of drug-likeness (QED) is 0.679. The minimum absolute atomic E-state index is 0.000799. The molecule has 1 aliphatic heterocycles. The van der Waals surface area contributed by atoms with Gasteiger partial charge in [-0.05, 0) is 25.0 Å². The van der Waals surface area contributed by atoms with Crippen molar-refractivity contribution in [2.75, 3.05) is 12.5 Å². The van der Waals surface area contributed by atoms with Crippen LogP contribution in [0.1, 0.15) is 23.7 Å². The van der Waals surface area contributed by atoms with Crippen LogP contribution in [0.5, 0.6) is 11.5 Å². The zero-order valence-electron chi connectivity index (χ0n) is 13.1. The van der Waals surface area contributed by atoms with Crippen molar-refractivity contribution in [3.63, 3.8) is 0 Å². The number of rotatable bonds is 3. The van der Waals surface area contributed by atoms with Crippen LogP contribution in [-0.4, -0.2) is 16.7 Å². The fourth-order valence-electron chi connectivity index (χ4n) is 2.89. The summed E-state index contributed by atoms with van der Waals surface area (Å²) in [6.07, 6.45) is 0.550. The van der Waals surface area contributed by atoms with Crippen LogP contribution >= 0.6 is 0 Å². The van der Waals surface area contributed by atoms with E-state index < -0.39 is 4.92 Å². The second-order valence-electron chi connectivity index (χ2n) is 5.26. The fraction of sp³-hybridized carbons (Fsp3) is 0.250. The Morgan fingerprint density at radius 3 is 2.67 bits per heavy atom. The van der Waals surface area contributed by atoms with Crippen LogP contribution in [0.15, 0.2) is 12.1 Å². The summed E-state index contributed by atoms with van der Waals surface area (Å²) in [5.41, 5.74) is 7.90. The summed E-state index contributed by atoms with van der Waals surface area (Å²) in [5.74, 6) is 0.754. The molecule has 2 aromatic rings. The molecule has 0 spiro atoms. The summed E-state index contributed by atoms with van der Waals surface area (Å²) in [6, 6.07) is 4.85. The number of nitrogens with two attached hydrogens (primary N) is 1. The number of fused-ring (bicyclic) bond motifs is 1. The minimum Gasteiger partial charge on any atom is -0.454 e. The Bertz CT molecular complexity index is 902. The number of hydrogen-bond donors (Lipinski definition) is 1. The van der Waals surface area contributed by atoms with Crippen LogP contribution in [0.2, 0.25) is 0 Å². The van der Waals surface area contributed by atoms with Crippen molar-refractivity contribution in [2.45, 2.75) is 20.3 Å². The SMILES string of the molecule is CCc1c(C)nc(N)c(C#N)c1-c1cc2c(cc1[N+](=O)[O-])OCO2. The van der Waals surface area contributed by atoms with E-state index >= 15 is 0 Å². The first kappa shape index (κ1) is 15.6. The summed E-state index contributed by atoms with van der Waals surface area (Å²) in [4.78, 5) is 15.2. The number of nitro benzene ring substituents is 1. The first-order chi connectivity index (χ1) is 11.5. The molecule has 3 rings (SSSR count). The van der Waals surface area contributed by atoms with Crippen molar-refractivity contribution in [1.29, 1.82) is 5.26 Å². The van der Waals surface area contributed by atoms with E-state index in [-0.39, 0.29) is 29.4 Å². The van der Waals surface area contributed by atoms with Gasteiger partial charge in [-0.3, -0.25) is 10.1 Å². The smallest absolute Gasteiger partial charge is 0.281 e. The van der Waals surface area contributed by atoms with Gasteiger partial charge in [-0.2, -0.15) is 5.26 Å². The normalized spacial score (nSPS) is 12.0. The molecule has 0 atom stereocenters. The van der Waals surface area contributed by atoms with Gasteiger partial charge in [0, 0.05) is 11.3 Å². The molecule has 0 amide bonds. The van der Waals surface area contributed by atoms with Crippen LogP contribution in [0.3, 0.4) is 0 Å². The Morgan fingerprint density at radius 1 is 1.42 bits per heavy atom. The second kappa shape index (κ2) is 5.70. The lowest BCUT2D eigenvalue weighted by atomic mass is 9.91. The molecule has 1 aromatic heterocycles. The number of pyridine rings is 1. The van der Waals surface area contributed by atoms with Crippen molar-refractivity contribution >= 4 is 11.5 Å². The zero-order chi connectivity index (χ0) is 17.4. The number of anilines is 1. The highest BCUT2D eigenvalue weighted by molar-refractivity contribution is 5.86. The molecule has 0 saturated carbocycles. The molecule has 2 heterocycles. The monoisotopic (exact) mass is 326 g/mol. The van der Waals surface area contributed by atoms with E-state index in [1.165, 1.54) is 12.1 Å². The molecular weight excluding hydrogens is 312 g/mol. The maximum atomic E-state index is 11.5. The largest absolute Gasteiger partial charge is 0.454 e. The molecule has 0 bridgehead atoms. The van der Waals surface area contributed by atoms with Gasteiger partial charge in [0.1, 0.15) is 17.5 Å². The summed E-state index contributed by atoms with van der Waals surface area (Å²) in [6.45, 7) is 3.65. The summed E-state index contributed by atoms with van der Waals surface area (Å²) in [5, 5.41) is 21.0. The molecule has 0 aliphatic carbocycles. The molecule has 0 unspecified atom stereocenters. The number of nitro groups is 1. The van der Waals surface area contributed by atoms with Gasteiger partial charge in [0.25, 0.3) is 5.69 Å². The molecule has 2 N–H and O–H groups in total. The number of nitriles is 1. The first-order valence-electron chi connectivity index (χ1n) is 7.25. The molecule has 8 heteroatoms. The lowest BCUT2D eigenvalue weighted by molar-refractivity contribution is -0.384. The molecule has 0 fully saturated rings. The van der Waals surface area contributed by atoms with Crippen LogP contribution in [-0.2, 0) is 6.42 Å². The Kier molecular flexibility index (Phi) is 3.69. The fourth-order valence-corrected chi connectivity index (χ4v) is 2.89. The standard InChI is InChI=1S/C16H14N4O4/c1-3-9-8(2)19-16(18)11(6-17)15(9)10-4-13-14(24-7-23-13)5-12(10)20(21)22/h4-5H,3,7H2,1-2H3,(H2,18,19). The molecule has 1 aromatic carbocycles. The Balaban J connectivity index is 2.42. The van der Waals surface area contributed by atoms with Crippen molar-refractivity contribution in [3.05, 3.63) is 39.1 Å². The Morgan fingerprint density at radius 2 is 2.08 bits per heavy atom. The number of hydrogen-bond acceptors (Lipinski definition) is 7. The minimum atomic E-state index is -0.510. The predicted octanol–water partition coefficient (Wildman–Crippen LogP) is 2.71. The molecule has 24 heavy (non-hydrogen) atoms. The maximum absolute atomic E-state index is 11.5. The van der Waals surface area contributed by atoms with Gasteiger partial charge in [0.15, 0.2) is 11.5 Å². The third kappa shape index (κ3) is 2.27. The Labute approximate surface area is 137 Å². The highest BCUT2D eigenvalue weighted by Crippen LogP contribution is 2.45. The van der Waals surface area contributed by atoms with Crippen molar-refractivity contribution in [3.8, 4) is 28.7 Å². The molecular formula is C16H14N4O4. The number of nitrogens with zero attached hydrogens (tertiary/aromatic N) is 3. The van der Waals surface area contributed by atoms with Gasteiger partial charge in [0.2, 0.25) is 6.79 Å². The molecule has 0 saturated heterocycles. The van der Waals surface area contributed by atoms with Crippen molar-refractivity contribution in [2.24, 2.45) is 0 Å². The predicted molar refractivity (Wildman–Crippen MR) is 85.7 cm³/mol. The van der Waals surface area contributed by atoms with Crippen molar-refractivity contribution in [1.82, 2.24) is 4.98 Å². The van der Waals surface area contributed by atoms with E-state index in [1.807, 2.05) is 13.0 Å². The van der Waals surface area contributed by atoms with E-state index in [0.29, 0.717) is 29.2 Å². The van der Waals surface area contributed by atoms with E-state index in [4.69, 9.17) is 15.2 Å². The molecule has 1 aliphatic rings. The van der Waals surface area contributed by atoms with Crippen LogP contribution in [0.4, 0.5) is 11.5 Å². The van der Waals surface area contributed by atoms with Crippen LogP contribution < -0.4 is 15.2 Å². The zero-order valence-corrected chi connectivity index (χ0v) is 13.1. The summed E-state index contributed by atoms with van der Waals surface area (Å²) < 4.78 is 10.5. The van der Waals surface area contributed by atoms with Crippen molar-refractivity contribution < 1.29 is 14.4 Å². The van der Waals surface area contributed by atoms with E-state index in [1.54, 1.807) is 6.92 Å². The number of ether oxygens (including phenoxy) is 2. The van der Waals surface area contributed by atoms with Crippen LogP contribution in [0, 0.1) is 28.4 Å². The Hall–Kier alpha value is -3.34. The number of benzene rings is 1. The van der Waals surface area contributed by atoms with Gasteiger partial charge in [-0.15, -0.1) is 0 Å². The van der Waals surface area contributed by atoms with Gasteiger partial charge in [-0.1, -0.05) is 6.92 Å². The average molecular weight is 326 g/mol. The topological polar surface area (TPSA) is 124 Å². The molecule has 8 nitrogen and oxygen atoms in total. The van der Waals surface area contributed by atoms with Gasteiger partial charge in [-0.25, -0.2) is 4.98 Å². The highest BCUT2D eigenvalue weighted by Gasteiger charge is 2.28. The first-order valence-corrected chi connectivity index (χ1v) is 7.25. The molecule has 0 radical (unpaired) electrons. The lowest BCUT2D eigenvalue weighted by Gasteiger charge is -2.15. The second-order valence-corrected chi connectivity index (χ2v) is 5.26. The molecule has 122 valence electrons. The summed E-state index contributed by atoms with van der Waals surface area (Å²) >= 11 is 0. The number of aryl methyl sites for hydroxylation is 1. The van der Waals surface area contributed by atoms with E-state index in [9.17, 15) is 15.4 Å². The highest BCUT2D eigenvalue weighted by atomic mass is 16.7. The van der Waals surface area contributed by atoms with Crippen LogP contribution in [0.25, 0.3) is 11.1 Å². The van der Waals surface area contributed by atoms with E-state index in [2.05, 4.69) is 4.98 Å². The summed E-state index contributed by atoms with van der Waals surface area (Å²) in [7, 11) is 0. The lowest BCUT2D eigenvalue weighted by Crippen LogP contribution is -2.06. The number of aromatic nitrogens is 1. The van der Waals surface area contributed by atoms with Gasteiger partial charge >= 0.3 is 0 Å². The van der Waals surface area contributed by atoms with E-state index in [0.717, 1.165) is 5.56 Å². The third-order valence-corrected chi connectivity index (χ3v) is 3.96. The van der Waals surface area contributed by atoms with Gasteiger partial charge in [0.05, 0.1) is 16.6 Å². The average Bonchev–Trinajstić information content (AvgIpc) is 3.00. The van der Waals surface area contributed by atoms with Gasteiger partial charge < -0.3 is 15.2 Å². The third-order valence-electron chi connectivity index (χ3n) is 3.96. The number of nitrogen functional groups attached to an aromatic ring is 1.